The van der Waals surface area contributed by atoms with Crippen molar-refractivity contribution in [1.29, 1.82) is 5.26 Å². The lowest BCUT2D eigenvalue weighted by Crippen LogP contribution is -2.01. The molecule has 0 aliphatic carbocycles. The molecule has 6 nitrogen and oxygen atoms in total. The van der Waals surface area contributed by atoms with E-state index in [1.807, 2.05) is 24.3 Å². The molecule has 128 valence electrons. The molecule has 0 saturated carbocycles. The van der Waals surface area contributed by atoms with E-state index in [0.717, 1.165) is 12.0 Å². The normalized spacial score (nSPS) is 10.3. The number of hydrogen-bond acceptors (Lipinski definition) is 5. The Morgan fingerprint density at radius 1 is 1.15 bits per heavy atom. The van der Waals surface area contributed by atoms with Crippen LogP contribution in [0.3, 0.4) is 0 Å². The fourth-order valence-electron chi connectivity index (χ4n) is 2.82. The van der Waals surface area contributed by atoms with Crippen molar-refractivity contribution in [2.45, 2.75) is 13.3 Å². The molecule has 2 aromatic carbocycles. The summed E-state index contributed by atoms with van der Waals surface area (Å²) in [5.41, 5.74) is 9.51. The fourth-order valence-corrected chi connectivity index (χ4v) is 2.82. The second-order valence-corrected chi connectivity index (χ2v) is 5.75. The standard InChI is InChI=1S/C20H16N4O2/c1-2-13-7-9-14(10-8-13)16-11-18(23-20(22)17(16)12-21)15-5-3-4-6-19(15)24(25)26/h3-11H,2H2,1H3,(H2,22,23). The van der Waals surface area contributed by atoms with Crippen LogP contribution in [0.15, 0.2) is 54.6 Å². The van der Waals surface area contributed by atoms with Crippen LogP contribution < -0.4 is 5.73 Å². The number of aromatic nitrogens is 1. The summed E-state index contributed by atoms with van der Waals surface area (Å²) in [6, 6.07) is 17.9. The van der Waals surface area contributed by atoms with Gasteiger partial charge in [-0.05, 0) is 29.7 Å². The van der Waals surface area contributed by atoms with Gasteiger partial charge in [0.05, 0.1) is 16.2 Å². The number of nitrogens with two attached hydrogens (primary N) is 1. The molecular formula is C20H16N4O2. The van der Waals surface area contributed by atoms with Crippen molar-refractivity contribution in [3.8, 4) is 28.5 Å². The monoisotopic (exact) mass is 344 g/mol. The largest absolute Gasteiger partial charge is 0.383 e. The average molecular weight is 344 g/mol. The van der Waals surface area contributed by atoms with Gasteiger partial charge in [-0.3, -0.25) is 10.1 Å². The van der Waals surface area contributed by atoms with Gasteiger partial charge in [0, 0.05) is 11.6 Å². The lowest BCUT2D eigenvalue weighted by Gasteiger charge is -2.11. The van der Waals surface area contributed by atoms with E-state index in [2.05, 4.69) is 18.0 Å². The van der Waals surface area contributed by atoms with Gasteiger partial charge in [0.2, 0.25) is 0 Å². The maximum absolute atomic E-state index is 11.3. The first-order valence-corrected chi connectivity index (χ1v) is 8.08. The Labute approximate surface area is 150 Å². The van der Waals surface area contributed by atoms with Gasteiger partial charge in [-0.1, -0.05) is 43.3 Å². The minimum atomic E-state index is -0.457. The van der Waals surface area contributed by atoms with Gasteiger partial charge >= 0.3 is 0 Å². The number of rotatable bonds is 4. The lowest BCUT2D eigenvalue weighted by atomic mass is 9.97. The van der Waals surface area contributed by atoms with Gasteiger partial charge in [-0.2, -0.15) is 5.26 Å². The van der Waals surface area contributed by atoms with E-state index in [0.29, 0.717) is 16.8 Å². The third kappa shape index (κ3) is 3.10. The molecule has 0 unspecified atom stereocenters. The Balaban J connectivity index is 2.23. The summed E-state index contributed by atoms with van der Waals surface area (Å²) >= 11 is 0. The number of benzene rings is 2. The highest BCUT2D eigenvalue weighted by atomic mass is 16.6. The molecule has 26 heavy (non-hydrogen) atoms. The van der Waals surface area contributed by atoms with Gasteiger partial charge in [0.15, 0.2) is 0 Å². The minimum absolute atomic E-state index is 0.0534. The van der Waals surface area contributed by atoms with Crippen LogP contribution in [-0.4, -0.2) is 9.91 Å². The highest BCUT2D eigenvalue weighted by Gasteiger charge is 2.19. The molecule has 3 aromatic rings. The highest BCUT2D eigenvalue weighted by molar-refractivity contribution is 5.82. The van der Waals surface area contributed by atoms with Gasteiger partial charge in [0.1, 0.15) is 17.5 Å². The quantitative estimate of drug-likeness (QED) is 0.560. The van der Waals surface area contributed by atoms with Gasteiger partial charge in [0.25, 0.3) is 5.69 Å². The summed E-state index contributed by atoms with van der Waals surface area (Å²) in [6.07, 6.45) is 0.908. The van der Waals surface area contributed by atoms with E-state index in [4.69, 9.17) is 5.73 Å². The number of nitriles is 1. The lowest BCUT2D eigenvalue weighted by molar-refractivity contribution is -0.384. The summed E-state index contributed by atoms with van der Waals surface area (Å²) in [4.78, 5) is 15.1. The minimum Gasteiger partial charge on any atom is -0.383 e. The van der Waals surface area contributed by atoms with Crippen LogP contribution in [0.4, 0.5) is 11.5 Å². The number of nitro benzene ring substituents is 1. The summed E-state index contributed by atoms with van der Waals surface area (Å²) in [7, 11) is 0. The van der Waals surface area contributed by atoms with Crippen LogP contribution in [0.5, 0.6) is 0 Å². The number of para-hydroxylation sites is 1. The van der Waals surface area contributed by atoms with E-state index in [9.17, 15) is 15.4 Å². The molecule has 6 heteroatoms. The molecular weight excluding hydrogens is 328 g/mol. The SMILES string of the molecule is CCc1ccc(-c2cc(-c3ccccc3[N+](=O)[O-])nc(N)c2C#N)cc1. The first-order valence-electron chi connectivity index (χ1n) is 8.08. The Morgan fingerprint density at radius 2 is 1.85 bits per heavy atom. The number of hydrogen-bond donors (Lipinski definition) is 1. The van der Waals surface area contributed by atoms with E-state index in [1.165, 1.54) is 11.6 Å². The summed E-state index contributed by atoms with van der Waals surface area (Å²) < 4.78 is 0. The van der Waals surface area contributed by atoms with Gasteiger partial charge in [-0.25, -0.2) is 4.98 Å². The van der Waals surface area contributed by atoms with Crippen LogP contribution in [0.1, 0.15) is 18.1 Å². The van der Waals surface area contributed by atoms with Crippen molar-refractivity contribution in [3.05, 3.63) is 75.8 Å². The molecule has 0 saturated heterocycles. The van der Waals surface area contributed by atoms with E-state index in [1.54, 1.807) is 24.3 Å². The molecule has 1 aromatic heterocycles. The van der Waals surface area contributed by atoms with Crippen molar-refractivity contribution in [1.82, 2.24) is 4.98 Å². The van der Waals surface area contributed by atoms with Crippen molar-refractivity contribution in [2.75, 3.05) is 5.73 Å². The number of anilines is 1. The molecule has 0 amide bonds. The number of nitrogens with zero attached hydrogens (tertiary/aromatic N) is 3. The Hall–Kier alpha value is -3.72. The van der Waals surface area contributed by atoms with Crippen molar-refractivity contribution in [3.63, 3.8) is 0 Å². The average Bonchev–Trinajstić information content (AvgIpc) is 2.67. The molecule has 0 aliphatic rings. The Morgan fingerprint density at radius 3 is 2.46 bits per heavy atom. The fraction of sp³-hybridized carbons (Fsp3) is 0.100. The predicted molar refractivity (Wildman–Crippen MR) is 100 cm³/mol. The summed E-state index contributed by atoms with van der Waals surface area (Å²) in [5.74, 6) is 0.0534. The van der Waals surface area contributed by atoms with E-state index < -0.39 is 4.92 Å². The van der Waals surface area contributed by atoms with Crippen LogP contribution in [-0.2, 0) is 6.42 Å². The molecule has 1 heterocycles. The molecule has 3 rings (SSSR count). The van der Waals surface area contributed by atoms with Gasteiger partial charge in [-0.15, -0.1) is 0 Å². The summed E-state index contributed by atoms with van der Waals surface area (Å²) in [5, 5.41) is 20.8. The topological polar surface area (TPSA) is 106 Å². The van der Waals surface area contributed by atoms with Crippen LogP contribution in [0.25, 0.3) is 22.4 Å². The van der Waals surface area contributed by atoms with Crippen molar-refractivity contribution >= 4 is 11.5 Å². The maximum Gasteiger partial charge on any atom is 0.278 e. The number of pyridine rings is 1. The molecule has 0 radical (unpaired) electrons. The zero-order valence-corrected chi connectivity index (χ0v) is 14.1. The molecule has 2 N–H and O–H groups in total. The number of nitrogen functional groups attached to an aromatic ring is 1. The Kier molecular flexibility index (Phi) is 4.63. The van der Waals surface area contributed by atoms with E-state index in [-0.39, 0.29) is 17.1 Å². The van der Waals surface area contributed by atoms with Crippen LogP contribution >= 0.6 is 0 Å². The number of nitro groups is 1. The zero-order valence-electron chi connectivity index (χ0n) is 14.1. The first kappa shape index (κ1) is 17.1. The molecule has 0 spiro atoms. The second-order valence-electron chi connectivity index (χ2n) is 5.75. The van der Waals surface area contributed by atoms with Gasteiger partial charge < -0.3 is 5.73 Å². The predicted octanol–water partition coefficient (Wildman–Crippen LogP) is 4.34. The second kappa shape index (κ2) is 7.03. The highest BCUT2D eigenvalue weighted by Crippen LogP contribution is 2.34. The van der Waals surface area contributed by atoms with Crippen LogP contribution in [0, 0.1) is 21.4 Å². The molecule has 0 atom stereocenters. The zero-order chi connectivity index (χ0) is 18.7. The first-order chi connectivity index (χ1) is 12.5. The Bertz CT molecular complexity index is 1020. The number of aryl methyl sites for hydroxylation is 1. The molecule has 0 fully saturated rings. The smallest absolute Gasteiger partial charge is 0.278 e. The van der Waals surface area contributed by atoms with Crippen molar-refractivity contribution < 1.29 is 4.92 Å². The maximum atomic E-state index is 11.3. The third-order valence-corrected chi connectivity index (χ3v) is 4.21. The van der Waals surface area contributed by atoms with Crippen molar-refractivity contribution in [2.24, 2.45) is 0 Å². The molecule has 0 aliphatic heterocycles. The molecule has 0 bridgehead atoms. The van der Waals surface area contributed by atoms with E-state index >= 15 is 0 Å². The third-order valence-electron chi connectivity index (χ3n) is 4.21. The van der Waals surface area contributed by atoms with Crippen LogP contribution in [0.2, 0.25) is 0 Å². The summed E-state index contributed by atoms with van der Waals surface area (Å²) in [6.45, 7) is 2.06.